The number of rotatable bonds is 4. The van der Waals surface area contributed by atoms with Crippen molar-refractivity contribution in [3.8, 4) is 0 Å². The smallest absolute Gasteiger partial charge is 0.366 e. The molecule has 74 valence electrons. The van der Waals surface area contributed by atoms with Crippen molar-refractivity contribution in [2.75, 3.05) is 19.0 Å². The maximum absolute atomic E-state index is 11.0. The number of ether oxygens (including phenoxy) is 2. The molecule has 0 aromatic heterocycles. The van der Waals surface area contributed by atoms with E-state index in [0.29, 0.717) is 5.33 Å². The van der Waals surface area contributed by atoms with Gasteiger partial charge in [0.25, 0.3) is 5.71 Å². The van der Waals surface area contributed by atoms with Gasteiger partial charge in [-0.1, -0.05) is 15.9 Å². The third-order valence-electron chi connectivity index (χ3n) is 1.01. The van der Waals surface area contributed by atoms with Crippen molar-refractivity contribution in [2.24, 2.45) is 10.9 Å². The Balaban J connectivity index is 4.26. The number of hydrazone groups is 1. The lowest BCUT2D eigenvalue weighted by molar-refractivity contribution is -0.139. The van der Waals surface area contributed by atoms with Crippen molar-refractivity contribution in [1.82, 2.24) is 0 Å². The minimum absolute atomic E-state index is 0.134. The number of nitrogens with zero attached hydrogens (tertiary/aromatic N) is 1. The van der Waals surface area contributed by atoms with Crippen LogP contribution in [0.1, 0.15) is 0 Å². The van der Waals surface area contributed by atoms with Crippen molar-refractivity contribution in [2.45, 2.75) is 0 Å². The second kappa shape index (κ2) is 6.41. The normalized spacial score (nSPS) is 10.8. The Morgan fingerprint density at radius 2 is 2.08 bits per heavy atom. The second-order valence-corrected chi connectivity index (χ2v) is 2.59. The quantitative estimate of drug-likeness (QED) is 0.180. The van der Waals surface area contributed by atoms with Crippen LogP contribution in [0.2, 0.25) is 0 Å². The highest BCUT2D eigenvalue weighted by Gasteiger charge is 2.22. The molecule has 0 amide bonds. The molecule has 0 radical (unpaired) electrons. The Bertz CT molecular complexity index is 229. The van der Waals surface area contributed by atoms with E-state index in [2.05, 4.69) is 30.5 Å². The first kappa shape index (κ1) is 11.9. The van der Waals surface area contributed by atoms with Gasteiger partial charge in [-0.3, -0.25) is 0 Å². The minimum atomic E-state index is -0.915. The fourth-order valence-electron chi connectivity index (χ4n) is 0.485. The molecule has 0 spiro atoms. The van der Waals surface area contributed by atoms with Gasteiger partial charge in [0.05, 0.1) is 7.11 Å². The van der Waals surface area contributed by atoms with Gasteiger partial charge in [0.1, 0.15) is 6.61 Å². The van der Waals surface area contributed by atoms with E-state index in [1.165, 1.54) is 0 Å². The molecule has 0 aliphatic carbocycles. The molecule has 0 unspecified atom stereocenters. The maximum Gasteiger partial charge on any atom is 0.366 e. The van der Waals surface area contributed by atoms with Crippen molar-refractivity contribution in [3.63, 3.8) is 0 Å². The first-order valence-corrected chi connectivity index (χ1v) is 4.38. The van der Waals surface area contributed by atoms with Gasteiger partial charge in [-0.25, -0.2) is 9.59 Å². The zero-order chi connectivity index (χ0) is 10.3. The number of carbonyl (C=O) groups excluding carboxylic acids is 2. The number of halogens is 1. The highest BCUT2D eigenvalue weighted by Crippen LogP contribution is 1.89. The molecule has 0 aromatic rings. The summed E-state index contributed by atoms with van der Waals surface area (Å²) in [6.45, 7) is 0.134. The van der Waals surface area contributed by atoms with Gasteiger partial charge in [0.2, 0.25) is 0 Å². The van der Waals surface area contributed by atoms with E-state index in [9.17, 15) is 9.59 Å². The summed E-state index contributed by atoms with van der Waals surface area (Å²) in [5.41, 5.74) is -0.552. The average molecular weight is 253 g/mol. The van der Waals surface area contributed by atoms with Crippen LogP contribution in [-0.2, 0) is 19.1 Å². The molecule has 0 saturated heterocycles. The van der Waals surface area contributed by atoms with Crippen LogP contribution in [0.25, 0.3) is 0 Å². The van der Waals surface area contributed by atoms with E-state index < -0.39 is 17.7 Å². The molecule has 0 atom stereocenters. The molecule has 0 heterocycles. The number of hydrogen-bond acceptors (Lipinski definition) is 6. The van der Waals surface area contributed by atoms with Gasteiger partial charge in [0, 0.05) is 5.33 Å². The van der Waals surface area contributed by atoms with Gasteiger partial charge in [-0.05, 0) is 0 Å². The van der Waals surface area contributed by atoms with Gasteiger partial charge in [-0.15, -0.1) is 0 Å². The molecule has 7 heteroatoms. The lowest BCUT2D eigenvalue weighted by Gasteiger charge is -2.02. The summed E-state index contributed by atoms with van der Waals surface area (Å²) in [4.78, 5) is 21.8. The lowest BCUT2D eigenvalue weighted by Crippen LogP contribution is -2.29. The zero-order valence-electron chi connectivity index (χ0n) is 6.95. The average Bonchev–Trinajstić information content (AvgIpc) is 2.15. The zero-order valence-corrected chi connectivity index (χ0v) is 8.54. The number of methoxy groups -OCH3 is 1. The Kier molecular flexibility index (Phi) is 5.86. The predicted octanol–water partition coefficient (Wildman–Crippen LogP) is -0.588. The van der Waals surface area contributed by atoms with Gasteiger partial charge >= 0.3 is 11.9 Å². The highest BCUT2D eigenvalue weighted by atomic mass is 79.9. The van der Waals surface area contributed by atoms with E-state index in [-0.39, 0.29) is 6.61 Å². The summed E-state index contributed by atoms with van der Waals surface area (Å²) in [6, 6.07) is 0. The summed E-state index contributed by atoms with van der Waals surface area (Å²) < 4.78 is 8.81. The van der Waals surface area contributed by atoms with Crippen molar-refractivity contribution in [3.05, 3.63) is 0 Å². The van der Waals surface area contributed by atoms with Gasteiger partial charge in [-0.2, -0.15) is 5.10 Å². The number of carbonyl (C=O) groups is 2. The van der Waals surface area contributed by atoms with Crippen LogP contribution in [0, 0.1) is 0 Å². The van der Waals surface area contributed by atoms with Crippen LogP contribution in [-0.4, -0.2) is 36.7 Å². The molecular weight excluding hydrogens is 244 g/mol. The summed E-state index contributed by atoms with van der Waals surface area (Å²) in [5.74, 6) is 2.99. The molecular formula is C6H9BrN2O4. The van der Waals surface area contributed by atoms with Crippen molar-refractivity contribution in [1.29, 1.82) is 0 Å². The van der Waals surface area contributed by atoms with Crippen LogP contribution < -0.4 is 5.84 Å². The second-order valence-electron chi connectivity index (χ2n) is 1.79. The van der Waals surface area contributed by atoms with E-state index in [1.807, 2.05) is 0 Å². The van der Waals surface area contributed by atoms with Crippen LogP contribution in [0.4, 0.5) is 0 Å². The van der Waals surface area contributed by atoms with Crippen molar-refractivity contribution >= 4 is 33.6 Å². The Labute approximate surface area is 83.2 Å². The standard InChI is InChI=1S/C6H9BrN2O4/c1-12-5(10)4(9-8)6(11)13-3-2-7/h2-3,8H2,1H3/b9-4-. The Hall–Kier alpha value is -1.11. The molecule has 0 aliphatic rings. The summed E-state index contributed by atoms with van der Waals surface area (Å²) in [7, 11) is 1.12. The van der Waals surface area contributed by atoms with Crippen LogP contribution in [0.15, 0.2) is 5.10 Å². The van der Waals surface area contributed by atoms with Gasteiger partial charge in [0.15, 0.2) is 0 Å². The molecule has 2 N–H and O–H groups in total. The van der Waals surface area contributed by atoms with Crippen LogP contribution in [0.5, 0.6) is 0 Å². The number of esters is 2. The highest BCUT2D eigenvalue weighted by molar-refractivity contribution is 9.09. The summed E-state index contributed by atoms with van der Waals surface area (Å²) in [6.07, 6.45) is 0. The minimum Gasteiger partial charge on any atom is -0.464 e. The molecule has 0 aliphatic heterocycles. The topological polar surface area (TPSA) is 91.0 Å². The lowest BCUT2D eigenvalue weighted by atomic mass is 10.4. The van der Waals surface area contributed by atoms with E-state index >= 15 is 0 Å². The fourth-order valence-corrected chi connectivity index (χ4v) is 0.647. The molecule has 6 nitrogen and oxygen atoms in total. The third-order valence-corrected chi connectivity index (χ3v) is 1.34. The summed E-state index contributed by atoms with van der Waals surface area (Å²) >= 11 is 3.04. The molecule has 0 aromatic carbocycles. The Morgan fingerprint density at radius 1 is 1.46 bits per heavy atom. The molecule has 0 rings (SSSR count). The largest absolute Gasteiger partial charge is 0.464 e. The molecule has 0 fully saturated rings. The monoisotopic (exact) mass is 252 g/mol. The van der Waals surface area contributed by atoms with E-state index in [1.54, 1.807) is 0 Å². The van der Waals surface area contributed by atoms with Crippen LogP contribution in [0.3, 0.4) is 0 Å². The number of hydrogen-bond donors (Lipinski definition) is 1. The first-order chi connectivity index (χ1) is 6.17. The summed E-state index contributed by atoms with van der Waals surface area (Å²) in [5, 5.41) is 3.43. The SMILES string of the molecule is COC(=O)/C(=N/N)C(=O)OCCBr. The van der Waals surface area contributed by atoms with Crippen LogP contribution >= 0.6 is 15.9 Å². The third kappa shape index (κ3) is 3.88. The molecule has 13 heavy (non-hydrogen) atoms. The first-order valence-electron chi connectivity index (χ1n) is 3.26. The predicted molar refractivity (Wildman–Crippen MR) is 48.4 cm³/mol. The van der Waals surface area contributed by atoms with Crippen molar-refractivity contribution < 1.29 is 19.1 Å². The number of nitrogens with two attached hydrogens (primary N) is 1. The maximum atomic E-state index is 11.0. The fraction of sp³-hybridized carbons (Fsp3) is 0.500. The molecule has 0 bridgehead atoms. The van der Waals surface area contributed by atoms with E-state index in [0.717, 1.165) is 7.11 Å². The van der Waals surface area contributed by atoms with Gasteiger partial charge < -0.3 is 15.3 Å². The Morgan fingerprint density at radius 3 is 2.46 bits per heavy atom. The molecule has 0 saturated carbocycles. The van der Waals surface area contributed by atoms with E-state index in [4.69, 9.17) is 5.84 Å². The number of alkyl halides is 1.